The predicted molar refractivity (Wildman–Crippen MR) is 278 cm³/mol. The van der Waals surface area contributed by atoms with Crippen LogP contribution in [0, 0.1) is 0 Å². The van der Waals surface area contributed by atoms with E-state index in [1.165, 1.54) is 81.5 Å². The molecule has 6 aromatic carbocycles. The van der Waals surface area contributed by atoms with Crippen LogP contribution in [0.4, 0.5) is 0 Å². The summed E-state index contributed by atoms with van der Waals surface area (Å²) in [5.74, 6) is 3.11. The first-order chi connectivity index (χ1) is 30.1. The molecule has 1 saturated carbocycles. The monoisotopic (exact) mass is 982 g/mol. The van der Waals surface area contributed by atoms with E-state index in [0.717, 1.165) is 21.9 Å². The second-order valence-corrected chi connectivity index (χ2v) is 44.1. The summed E-state index contributed by atoms with van der Waals surface area (Å²) in [4.78, 5) is 0. The molecule has 3 unspecified atom stereocenters. The molecule has 0 radical (unpaired) electrons. The van der Waals surface area contributed by atoms with E-state index in [4.69, 9.17) is 0 Å². The van der Waals surface area contributed by atoms with E-state index in [2.05, 4.69) is 200 Å². The van der Waals surface area contributed by atoms with Crippen LogP contribution in [-0.4, -0.2) is 36.9 Å². The van der Waals surface area contributed by atoms with Crippen LogP contribution in [0.25, 0.3) is 0 Å². The van der Waals surface area contributed by atoms with Gasteiger partial charge in [0, 0.05) is 0 Å². The minimum atomic E-state index is -2.59. The maximum absolute atomic E-state index is 12.9. The summed E-state index contributed by atoms with van der Waals surface area (Å²) in [6.45, 7) is 18.9. The van der Waals surface area contributed by atoms with Crippen molar-refractivity contribution in [1.29, 1.82) is 0 Å². The number of benzene rings is 6. The average Bonchev–Trinajstić information content (AvgIpc) is 3.57. The van der Waals surface area contributed by atoms with Crippen molar-refractivity contribution in [2.24, 2.45) is 0 Å². The predicted octanol–water partition coefficient (Wildman–Crippen LogP) is 11.1. The molecule has 4 atom stereocenters. The van der Waals surface area contributed by atoms with Gasteiger partial charge in [-0.1, -0.05) is 0 Å². The van der Waals surface area contributed by atoms with Crippen LogP contribution in [0.15, 0.2) is 146 Å². The third kappa shape index (κ3) is 9.48. The Morgan fingerprint density at radius 3 is 1.06 bits per heavy atom. The quantitative estimate of drug-likeness (QED) is 0.106. The zero-order valence-corrected chi connectivity index (χ0v) is 45.0. The van der Waals surface area contributed by atoms with Gasteiger partial charge >= 0.3 is 396 Å². The normalized spacial score (nSPS) is 19.6. The van der Waals surface area contributed by atoms with Gasteiger partial charge in [-0.3, -0.25) is 0 Å². The number of aromatic hydroxyl groups is 2. The Kier molecular flexibility index (Phi) is 14.0. The summed E-state index contributed by atoms with van der Waals surface area (Å²) in [5, 5.41) is 34.8. The van der Waals surface area contributed by atoms with E-state index in [1.54, 1.807) is 0 Å². The van der Waals surface area contributed by atoms with Crippen LogP contribution in [-0.2, 0) is 41.5 Å². The van der Waals surface area contributed by atoms with Gasteiger partial charge in [-0.25, -0.2) is 0 Å². The van der Waals surface area contributed by atoms with E-state index in [0.29, 0.717) is 22.0 Å². The van der Waals surface area contributed by atoms with Crippen molar-refractivity contribution in [3.63, 3.8) is 0 Å². The Hall–Kier alpha value is -3.06. The van der Waals surface area contributed by atoms with Gasteiger partial charge in [0.05, 0.1) is 0 Å². The number of fused-ring (bicyclic) bond motifs is 1. The molecule has 2 aliphatic rings. The molecule has 1 aliphatic heterocycles. The number of rotatable bonds is 10. The van der Waals surface area contributed by atoms with Gasteiger partial charge in [-0.05, 0) is 0 Å². The average molecular weight is 985 g/mol. The minimum absolute atomic E-state index is 0.0592. The number of phenolic OH excluding ortho intramolecular Hbond substituents is 2. The molecule has 8 rings (SSSR count). The van der Waals surface area contributed by atoms with Crippen LogP contribution in [0.3, 0.4) is 0 Å². The van der Waals surface area contributed by atoms with Crippen LogP contribution < -0.4 is 31.1 Å². The molecular weight excluding hydrogens is 916 g/mol. The molecule has 328 valence electrons. The third-order valence-electron chi connectivity index (χ3n) is 14.3. The summed E-state index contributed by atoms with van der Waals surface area (Å²) in [6.07, 6.45) is 7.95. The van der Waals surface area contributed by atoms with Gasteiger partial charge in [0.25, 0.3) is 0 Å². The topological polar surface area (TPSA) is 40.5 Å². The second-order valence-electron chi connectivity index (χ2n) is 20.6. The maximum atomic E-state index is 12.9. The first kappa shape index (κ1) is 46.5. The summed E-state index contributed by atoms with van der Waals surface area (Å²) in [5.41, 5.74) is 4.92. The van der Waals surface area contributed by atoms with E-state index >= 15 is 0 Å². The molecule has 0 amide bonds. The van der Waals surface area contributed by atoms with Crippen molar-refractivity contribution in [2.75, 3.05) is 0 Å². The molecule has 6 aromatic rings. The Morgan fingerprint density at radius 2 is 0.778 bits per heavy atom. The van der Waals surface area contributed by atoms with Crippen LogP contribution in [0.1, 0.15) is 102 Å². The molecule has 0 spiro atoms. The Balaban J connectivity index is 1.29. The molecule has 7 heteroatoms. The van der Waals surface area contributed by atoms with Crippen LogP contribution >= 0.6 is 14.2 Å². The fourth-order valence-corrected chi connectivity index (χ4v) is 46.6. The molecular formula is C56H68O2S2Si2Zr. The molecule has 1 heterocycles. The van der Waals surface area contributed by atoms with Crippen molar-refractivity contribution >= 4 is 61.5 Å². The van der Waals surface area contributed by atoms with Crippen molar-refractivity contribution < 1.29 is 29.4 Å². The Labute approximate surface area is 393 Å². The first-order valence-electron chi connectivity index (χ1n) is 23.2. The zero-order chi connectivity index (χ0) is 44.6. The Morgan fingerprint density at radius 1 is 0.476 bits per heavy atom. The van der Waals surface area contributed by atoms with Crippen molar-refractivity contribution in [3.05, 3.63) is 168 Å². The molecule has 0 bridgehead atoms. The summed E-state index contributed by atoms with van der Waals surface area (Å²) < 4.78 is 0. The van der Waals surface area contributed by atoms with Crippen molar-refractivity contribution in [3.8, 4) is 11.5 Å². The number of phenols is 2. The van der Waals surface area contributed by atoms with Gasteiger partial charge in [0.15, 0.2) is 0 Å². The van der Waals surface area contributed by atoms with E-state index < -0.39 is 35.3 Å². The van der Waals surface area contributed by atoms with Gasteiger partial charge in [0.2, 0.25) is 0 Å². The third-order valence-corrected chi connectivity index (χ3v) is 45.0. The molecule has 1 aliphatic carbocycles. The summed E-state index contributed by atoms with van der Waals surface area (Å²) in [7, 11) is -4.64. The zero-order valence-electron chi connectivity index (χ0n) is 38.9. The first-order valence-corrected chi connectivity index (χ1v) is 37.1. The van der Waals surface area contributed by atoms with E-state index in [9.17, 15) is 10.2 Å². The molecule has 0 aromatic heterocycles. The van der Waals surface area contributed by atoms with E-state index in [-0.39, 0.29) is 25.1 Å². The SMILES string of the molecule is CC(C)(C)c1cc(C[S]2=[Zr]=[S](Cc3cc(C(C)(C)C)cc([Si](C)(c4ccccc4)c4ccccc4)c3O)[C@H]3CCCCCCC32)c(O)c([Si](C)(c2ccccc2)c2ccccc2)c1. The molecule has 0 saturated heterocycles. The standard InChI is InChI=1S/C56H68O2S2Si2.Zr/c1-55(2,3)43-35-41(53(57)51(37-43)61(7,45-25-15-11-16-26-45)46-27-17-12-18-28-46)39-59-49-33-23-9-10-24-34-50(49)60-40-42-36-44(56(4,5)6)38-52(54(42)58)62(8,47-29-19-13-20-30-47)48-31-21-14-22-32-48;/h11-22,25-32,35-38,49-50,57-58H,9-10,23-24,33-34,39-40H2,1-8H3;/t49-,50?;/m0./s1. The van der Waals surface area contributed by atoms with Gasteiger partial charge < -0.3 is 0 Å². The van der Waals surface area contributed by atoms with Crippen molar-refractivity contribution in [2.45, 2.75) is 126 Å². The summed E-state index contributed by atoms with van der Waals surface area (Å²) in [6, 6.07) is 53.7. The van der Waals surface area contributed by atoms with Crippen molar-refractivity contribution in [1.82, 2.24) is 0 Å². The van der Waals surface area contributed by atoms with Crippen LogP contribution in [0.5, 0.6) is 11.5 Å². The summed E-state index contributed by atoms with van der Waals surface area (Å²) >= 11 is -0.984. The molecule has 63 heavy (non-hydrogen) atoms. The van der Waals surface area contributed by atoms with E-state index in [1.807, 2.05) is 0 Å². The molecule has 2 nitrogen and oxygen atoms in total. The molecule has 1 fully saturated rings. The molecule has 2 N–H and O–H groups in total. The van der Waals surface area contributed by atoms with Gasteiger partial charge in [0.1, 0.15) is 0 Å². The number of hydrogen-bond donors (Lipinski definition) is 2. The second kappa shape index (κ2) is 19.0. The Bertz CT molecular complexity index is 2370. The fourth-order valence-electron chi connectivity index (χ4n) is 10.2. The van der Waals surface area contributed by atoms with Crippen LogP contribution in [0.2, 0.25) is 13.1 Å². The van der Waals surface area contributed by atoms with Gasteiger partial charge in [-0.2, -0.15) is 0 Å². The fraction of sp³-hybridized carbons (Fsp3) is 0.357. The van der Waals surface area contributed by atoms with Gasteiger partial charge in [-0.15, -0.1) is 0 Å². The number of hydrogen-bond acceptors (Lipinski definition) is 2.